The van der Waals surface area contributed by atoms with E-state index in [1.54, 1.807) is 18.3 Å². The minimum Gasteiger partial charge on any atom is -0.433 e. The van der Waals surface area contributed by atoms with Gasteiger partial charge in [0, 0.05) is 35.1 Å². The number of nitrogens with zero attached hydrogens (tertiary/aromatic N) is 3. The number of imidazole rings is 1. The van der Waals surface area contributed by atoms with Gasteiger partial charge >= 0.3 is 6.61 Å². The van der Waals surface area contributed by atoms with Crippen LogP contribution in [0.25, 0.3) is 22.6 Å². The number of halogens is 3. The van der Waals surface area contributed by atoms with Crippen LogP contribution in [0, 0.1) is 6.92 Å². The van der Waals surface area contributed by atoms with Crippen LogP contribution in [-0.2, 0) is 17.7 Å². The van der Waals surface area contributed by atoms with E-state index in [0.717, 1.165) is 28.2 Å². The molecule has 0 bridgehead atoms. The largest absolute Gasteiger partial charge is 0.433 e. The van der Waals surface area contributed by atoms with Gasteiger partial charge in [-0.15, -0.1) is 0 Å². The molecule has 2 aromatic heterocycles. The number of aryl methyl sites for hydroxylation is 1. The van der Waals surface area contributed by atoms with Crippen LogP contribution >= 0.6 is 11.6 Å². The Labute approximate surface area is 172 Å². The molecule has 0 saturated heterocycles. The fraction of sp³-hybridized carbons (Fsp3) is 0.333. The summed E-state index contributed by atoms with van der Waals surface area (Å²) in [6.45, 7) is 2.26. The molecule has 8 heteroatoms. The second-order valence-electron chi connectivity index (χ2n) is 6.98. The molecule has 0 unspecified atom stereocenters. The van der Waals surface area contributed by atoms with Gasteiger partial charge in [0.15, 0.2) is 0 Å². The Bertz CT molecular complexity index is 1040. The van der Waals surface area contributed by atoms with Crippen LogP contribution in [0.2, 0.25) is 5.02 Å². The van der Waals surface area contributed by atoms with Crippen molar-refractivity contribution < 1.29 is 18.3 Å². The summed E-state index contributed by atoms with van der Waals surface area (Å²) in [7, 11) is 0. The van der Waals surface area contributed by atoms with Crippen molar-refractivity contribution in [2.24, 2.45) is 0 Å². The van der Waals surface area contributed by atoms with Gasteiger partial charge in [-0.3, -0.25) is 4.98 Å². The molecule has 29 heavy (non-hydrogen) atoms. The Balaban J connectivity index is 1.84. The van der Waals surface area contributed by atoms with Gasteiger partial charge in [-0.05, 0) is 44.2 Å². The van der Waals surface area contributed by atoms with Crippen LogP contribution in [0.1, 0.15) is 18.3 Å². The lowest BCUT2D eigenvalue weighted by atomic mass is 10.1. The molecule has 3 heterocycles. The molecule has 1 aliphatic heterocycles. The highest BCUT2D eigenvalue weighted by Gasteiger charge is 2.24. The van der Waals surface area contributed by atoms with E-state index in [-0.39, 0.29) is 16.9 Å². The standard InChI is InChI=1S/C21H20ClF2N3O2/c1-12-9-14(5-7-25-12)19-17-6-8-28-13(2)11-27(17)20(26-19)15-3-4-18(16(22)10-15)29-21(23)24/h3-5,7,9-10,13,21H,6,8,11H2,1-2H3/t13-/m1/s1. The van der Waals surface area contributed by atoms with Gasteiger partial charge in [0.1, 0.15) is 11.6 Å². The third-order valence-corrected chi connectivity index (χ3v) is 5.13. The third kappa shape index (κ3) is 4.11. The first-order chi connectivity index (χ1) is 13.9. The van der Waals surface area contributed by atoms with Crippen LogP contribution in [0.15, 0.2) is 36.5 Å². The minimum atomic E-state index is -2.93. The molecule has 3 aromatic rings. The van der Waals surface area contributed by atoms with E-state index >= 15 is 0 Å². The minimum absolute atomic E-state index is 0.0214. The van der Waals surface area contributed by atoms with Crippen molar-refractivity contribution in [1.82, 2.24) is 14.5 Å². The lowest BCUT2D eigenvalue weighted by Crippen LogP contribution is -2.15. The number of aromatic nitrogens is 3. The maximum Gasteiger partial charge on any atom is 0.387 e. The summed E-state index contributed by atoms with van der Waals surface area (Å²) in [5.74, 6) is 0.655. The van der Waals surface area contributed by atoms with Crippen molar-refractivity contribution >= 4 is 11.6 Å². The number of hydrogen-bond acceptors (Lipinski definition) is 4. The highest BCUT2D eigenvalue weighted by atomic mass is 35.5. The van der Waals surface area contributed by atoms with Crippen molar-refractivity contribution in [3.63, 3.8) is 0 Å². The maximum atomic E-state index is 12.5. The summed E-state index contributed by atoms with van der Waals surface area (Å²) in [5, 5.41) is 0.111. The lowest BCUT2D eigenvalue weighted by Gasteiger charge is -2.13. The van der Waals surface area contributed by atoms with Gasteiger partial charge in [-0.1, -0.05) is 11.6 Å². The molecule has 0 amide bonds. The number of alkyl halides is 2. The third-order valence-electron chi connectivity index (χ3n) is 4.83. The first-order valence-corrected chi connectivity index (χ1v) is 9.69. The highest BCUT2D eigenvalue weighted by Crippen LogP contribution is 2.35. The van der Waals surface area contributed by atoms with Crippen LogP contribution in [0.5, 0.6) is 5.75 Å². The molecule has 0 saturated carbocycles. The molecule has 1 aromatic carbocycles. The fourth-order valence-electron chi connectivity index (χ4n) is 3.58. The number of rotatable bonds is 4. The average molecular weight is 420 g/mol. The van der Waals surface area contributed by atoms with Crippen molar-refractivity contribution in [2.45, 2.75) is 39.5 Å². The SMILES string of the molecule is Cc1cc(-c2nc(-c3ccc(OC(F)F)c(Cl)c3)n3c2CCO[C@H](C)C3)ccn1. The van der Waals surface area contributed by atoms with E-state index in [9.17, 15) is 8.78 Å². The zero-order valence-electron chi connectivity index (χ0n) is 16.0. The maximum absolute atomic E-state index is 12.5. The quantitative estimate of drug-likeness (QED) is 0.587. The van der Waals surface area contributed by atoms with Crippen LogP contribution < -0.4 is 4.74 Å². The molecule has 0 fully saturated rings. The zero-order chi connectivity index (χ0) is 20.5. The zero-order valence-corrected chi connectivity index (χ0v) is 16.8. The lowest BCUT2D eigenvalue weighted by molar-refractivity contribution is -0.0497. The summed E-state index contributed by atoms with van der Waals surface area (Å²) in [6, 6.07) is 8.67. The molecule has 1 aliphatic rings. The summed E-state index contributed by atoms with van der Waals surface area (Å²) < 4.78 is 37.5. The normalized spacial score (nSPS) is 16.6. The molecule has 5 nitrogen and oxygen atoms in total. The van der Waals surface area contributed by atoms with E-state index in [4.69, 9.17) is 21.3 Å². The van der Waals surface area contributed by atoms with E-state index in [2.05, 4.69) is 14.3 Å². The van der Waals surface area contributed by atoms with E-state index in [1.165, 1.54) is 6.07 Å². The van der Waals surface area contributed by atoms with E-state index in [0.29, 0.717) is 25.4 Å². The molecule has 0 aliphatic carbocycles. The van der Waals surface area contributed by atoms with Crippen LogP contribution in [-0.4, -0.2) is 33.9 Å². The Morgan fingerprint density at radius 1 is 1.24 bits per heavy atom. The monoisotopic (exact) mass is 419 g/mol. The first-order valence-electron chi connectivity index (χ1n) is 9.31. The summed E-state index contributed by atoms with van der Waals surface area (Å²) >= 11 is 6.18. The second kappa shape index (κ2) is 8.08. The molecule has 1 atom stereocenters. The second-order valence-corrected chi connectivity index (χ2v) is 7.39. The molecule has 0 spiro atoms. The molecule has 0 N–H and O–H groups in total. The molecule has 4 rings (SSSR count). The first kappa shape index (κ1) is 19.8. The van der Waals surface area contributed by atoms with Gasteiger partial charge in [-0.2, -0.15) is 8.78 Å². The number of benzene rings is 1. The average Bonchev–Trinajstić information content (AvgIpc) is 2.90. The van der Waals surface area contributed by atoms with Crippen LogP contribution in [0.4, 0.5) is 8.78 Å². The van der Waals surface area contributed by atoms with Gasteiger partial charge in [0.05, 0.1) is 30.0 Å². The van der Waals surface area contributed by atoms with Crippen molar-refractivity contribution in [3.05, 3.63) is 52.9 Å². The Kier molecular flexibility index (Phi) is 5.52. The smallest absolute Gasteiger partial charge is 0.387 e. The Morgan fingerprint density at radius 2 is 2.07 bits per heavy atom. The molecular formula is C21H20ClF2N3O2. The van der Waals surface area contributed by atoms with Crippen LogP contribution in [0.3, 0.4) is 0 Å². The molecule has 152 valence electrons. The van der Waals surface area contributed by atoms with Gasteiger partial charge < -0.3 is 14.0 Å². The van der Waals surface area contributed by atoms with Gasteiger partial charge in [-0.25, -0.2) is 4.98 Å². The van der Waals surface area contributed by atoms with Crippen molar-refractivity contribution in [2.75, 3.05) is 6.61 Å². The summed E-state index contributed by atoms with van der Waals surface area (Å²) in [4.78, 5) is 9.18. The Morgan fingerprint density at radius 3 is 2.79 bits per heavy atom. The van der Waals surface area contributed by atoms with Gasteiger partial charge in [0.25, 0.3) is 0 Å². The molecular weight excluding hydrogens is 400 g/mol. The number of hydrogen-bond donors (Lipinski definition) is 0. The van der Waals surface area contributed by atoms with E-state index in [1.807, 2.05) is 26.0 Å². The predicted molar refractivity (Wildman–Crippen MR) is 106 cm³/mol. The van der Waals surface area contributed by atoms with Gasteiger partial charge in [0.2, 0.25) is 0 Å². The topological polar surface area (TPSA) is 49.2 Å². The van der Waals surface area contributed by atoms with E-state index < -0.39 is 6.61 Å². The van der Waals surface area contributed by atoms with Crippen molar-refractivity contribution in [1.29, 1.82) is 0 Å². The summed E-state index contributed by atoms with van der Waals surface area (Å²) in [6.07, 6.45) is 2.50. The van der Waals surface area contributed by atoms with Crippen molar-refractivity contribution in [3.8, 4) is 28.4 Å². The number of ether oxygens (including phenoxy) is 2. The predicted octanol–water partition coefficient (Wildman–Crippen LogP) is 5.14. The number of fused-ring (bicyclic) bond motifs is 1. The summed E-state index contributed by atoms with van der Waals surface area (Å²) in [5.41, 5.74) is 4.54. The number of pyridine rings is 1. The Hall–Kier alpha value is -2.51. The fourth-order valence-corrected chi connectivity index (χ4v) is 3.80. The molecule has 0 radical (unpaired) electrons. The highest BCUT2D eigenvalue weighted by molar-refractivity contribution is 6.32.